The summed E-state index contributed by atoms with van der Waals surface area (Å²) in [5.41, 5.74) is 0.920. The lowest BCUT2D eigenvalue weighted by molar-refractivity contribution is -0.183. The number of hydrogen-bond donors (Lipinski definition) is 0. The van der Waals surface area contributed by atoms with Crippen LogP contribution in [-0.4, -0.2) is 35.1 Å². The number of amides is 1. The van der Waals surface area contributed by atoms with Crippen LogP contribution >= 0.6 is 23.2 Å². The van der Waals surface area contributed by atoms with Crippen molar-refractivity contribution in [3.8, 4) is 5.75 Å². The van der Waals surface area contributed by atoms with Gasteiger partial charge in [-0.1, -0.05) is 29.3 Å². The maximum atomic E-state index is 12.8. The molecular formula is C19H17Cl2F3N2O2. The summed E-state index contributed by atoms with van der Waals surface area (Å²) in [7, 11) is 0. The van der Waals surface area contributed by atoms with Crippen molar-refractivity contribution >= 4 is 29.1 Å². The fourth-order valence-corrected chi connectivity index (χ4v) is 3.56. The number of carbonyl (C=O) groups is 1. The van der Waals surface area contributed by atoms with Crippen molar-refractivity contribution in [2.24, 2.45) is 5.92 Å². The smallest absolute Gasteiger partial charge is 0.391 e. The molecule has 9 heteroatoms. The number of alkyl halides is 3. The van der Waals surface area contributed by atoms with E-state index in [2.05, 4.69) is 4.98 Å². The van der Waals surface area contributed by atoms with Crippen molar-refractivity contribution in [1.82, 2.24) is 9.88 Å². The van der Waals surface area contributed by atoms with Gasteiger partial charge in [0, 0.05) is 31.0 Å². The zero-order valence-electron chi connectivity index (χ0n) is 14.7. The van der Waals surface area contributed by atoms with Gasteiger partial charge < -0.3 is 9.64 Å². The minimum atomic E-state index is -4.21. The van der Waals surface area contributed by atoms with Crippen LogP contribution in [0.5, 0.6) is 5.75 Å². The van der Waals surface area contributed by atoms with Crippen LogP contribution in [0.2, 0.25) is 10.0 Å². The third-order valence-corrected chi connectivity index (χ3v) is 5.18. The van der Waals surface area contributed by atoms with Crippen molar-refractivity contribution in [2.75, 3.05) is 13.1 Å². The lowest BCUT2D eigenvalue weighted by Gasteiger charge is -2.32. The molecule has 1 aromatic carbocycles. The first-order valence-electron chi connectivity index (χ1n) is 8.62. The van der Waals surface area contributed by atoms with Gasteiger partial charge in [-0.2, -0.15) is 13.2 Å². The van der Waals surface area contributed by atoms with E-state index in [1.165, 1.54) is 17.3 Å². The topological polar surface area (TPSA) is 42.4 Å². The molecule has 2 heterocycles. The summed E-state index contributed by atoms with van der Waals surface area (Å²) < 4.78 is 44.0. The number of carbonyl (C=O) groups excluding carboxylic acids is 1. The van der Waals surface area contributed by atoms with E-state index in [0.717, 1.165) is 0 Å². The van der Waals surface area contributed by atoms with Crippen LogP contribution in [0, 0.1) is 5.92 Å². The highest BCUT2D eigenvalue weighted by molar-refractivity contribution is 6.37. The van der Waals surface area contributed by atoms with Gasteiger partial charge in [-0.15, -0.1) is 0 Å². The Morgan fingerprint density at radius 1 is 1.18 bits per heavy atom. The lowest BCUT2D eigenvalue weighted by Crippen LogP contribution is -2.42. The fourth-order valence-electron chi connectivity index (χ4n) is 3.05. The molecule has 2 aromatic rings. The molecule has 1 fully saturated rings. The quantitative estimate of drug-likeness (QED) is 0.650. The molecule has 0 spiro atoms. The predicted octanol–water partition coefficient (Wildman–Crippen LogP) is 5.38. The first kappa shape index (κ1) is 20.7. The molecular weight excluding hydrogens is 416 g/mol. The van der Waals surface area contributed by atoms with E-state index in [4.69, 9.17) is 27.9 Å². The highest BCUT2D eigenvalue weighted by atomic mass is 35.5. The largest absolute Gasteiger partial charge is 0.486 e. The number of benzene rings is 1. The molecule has 1 amide bonds. The molecule has 0 bridgehead atoms. The Morgan fingerprint density at radius 3 is 2.43 bits per heavy atom. The second-order valence-electron chi connectivity index (χ2n) is 6.53. The lowest BCUT2D eigenvalue weighted by atomic mass is 9.96. The van der Waals surface area contributed by atoms with Crippen LogP contribution in [0.4, 0.5) is 13.2 Å². The van der Waals surface area contributed by atoms with Crippen molar-refractivity contribution in [3.05, 3.63) is 57.8 Å². The number of hydrogen-bond acceptors (Lipinski definition) is 3. The van der Waals surface area contributed by atoms with Gasteiger partial charge in [-0.3, -0.25) is 9.78 Å². The maximum Gasteiger partial charge on any atom is 0.391 e. The SMILES string of the molecule is O=C(c1cncc(COc2c(Cl)cccc2Cl)c1)N1CCC(C(F)(F)F)CC1. The average molecular weight is 433 g/mol. The third-order valence-electron chi connectivity index (χ3n) is 4.59. The molecule has 0 aliphatic carbocycles. The average Bonchev–Trinajstić information content (AvgIpc) is 2.67. The third kappa shape index (κ3) is 4.89. The minimum Gasteiger partial charge on any atom is -0.486 e. The second-order valence-corrected chi connectivity index (χ2v) is 7.34. The Morgan fingerprint density at radius 2 is 1.82 bits per heavy atom. The van der Waals surface area contributed by atoms with Gasteiger partial charge in [0.2, 0.25) is 0 Å². The molecule has 150 valence electrons. The first-order valence-corrected chi connectivity index (χ1v) is 9.38. The standard InChI is InChI=1S/C19H17Cl2F3N2O2/c20-15-2-1-3-16(21)17(15)28-11-12-8-13(10-25-9-12)18(27)26-6-4-14(5-7-26)19(22,23)24/h1-3,8-10,14H,4-7,11H2. The number of piperidine rings is 1. The predicted molar refractivity (Wildman–Crippen MR) is 99.7 cm³/mol. The van der Waals surface area contributed by atoms with Crippen LogP contribution in [-0.2, 0) is 6.61 Å². The van der Waals surface area contributed by atoms with Gasteiger partial charge in [-0.05, 0) is 31.0 Å². The van der Waals surface area contributed by atoms with Crippen LogP contribution in [0.15, 0.2) is 36.7 Å². The van der Waals surface area contributed by atoms with Crippen molar-refractivity contribution in [3.63, 3.8) is 0 Å². The molecule has 1 aromatic heterocycles. The molecule has 1 aliphatic heterocycles. The normalized spacial score (nSPS) is 15.5. The number of halogens is 5. The number of pyridine rings is 1. The van der Waals surface area contributed by atoms with E-state index in [1.807, 2.05) is 0 Å². The van der Waals surface area contributed by atoms with Crippen LogP contribution in [0.1, 0.15) is 28.8 Å². The van der Waals surface area contributed by atoms with Gasteiger partial charge in [-0.25, -0.2) is 0 Å². The van der Waals surface area contributed by atoms with Crippen molar-refractivity contribution in [1.29, 1.82) is 0 Å². The van der Waals surface area contributed by atoms with E-state index >= 15 is 0 Å². The van der Waals surface area contributed by atoms with Crippen molar-refractivity contribution in [2.45, 2.75) is 25.6 Å². The minimum absolute atomic E-state index is 0.0684. The van der Waals surface area contributed by atoms with E-state index in [0.29, 0.717) is 26.9 Å². The highest BCUT2D eigenvalue weighted by Crippen LogP contribution is 2.35. The summed E-state index contributed by atoms with van der Waals surface area (Å²) in [5.74, 6) is -1.36. The van der Waals surface area contributed by atoms with E-state index < -0.39 is 12.1 Å². The molecule has 3 rings (SSSR count). The van der Waals surface area contributed by atoms with E-state index in [9.17, 15) is 18.0 Å². The Labute approximate surface area is 170 Å². The highest BCUT2D eigenvalue weighted by Gasteiger charge is 2.41. The zero-order valence-corrected chi connectivity index (χ0v) is 16.2. The summed E-state index contributed by atoms with van der Waals surface area (Å²) in [6.45, 7) is 0.228. The van der Waals surface area contributed by atoms with Crippen LogP contribution < -0.4 is 4.74 Å². The summed E-state index contributed by atoms with van der Waals surface area (Å²) >= 11 is 12.1. The second kappa shape index (κ2) is 8.57. The van der Waals surface area contributed by atoms with Gasteiger partial charge in [0.05, 0.1) is 21.5 Å². The summed E-state index contributed by atoms with van der Waals surface area (Å²) in [6.07, 6.45) is -1.46. The Hall–Kier alpha value is -1.99. The number of nitrogens with zero attached hydrogens (tertiary/aromatic N) is 2. The molecule has 0 unspecified atom stereocenters. The fraction of sp³-hybridized carbons (Fsp3) is 0.368. The number of likely N-dealkylation sites (tertiary alicyclic amines) is 1. The maximum absolute atomic E-state index is 12.8. The summed E-state index contributed by atoms with van der Waals surface area (Å²) in [5, 5.41) is 0.723. The van der Waals surface area contributed by atoms with Crippen LogP contribution in [0.25, 0.3) is 0 Å². The zero-order chi connectivity index (χ0) is 20.3. The molecule has 0 atom stereocenters. The number of rotatable bonds is 4. The Bertz CT molecular complexity index is 833. The molecule has 0 N–H and O–H groups in total. The molecule has 0 radical (unpaired) electrons. The van der Waals surface area contributed by atoms with E-state index in [1.54, 1.807) is 24.3 Å². The number of ether oxygens (including phenoxy) is 1. The number of para-hydroxylation sites is 1. The molecule has 4 nitrogen and oxygen atoms in total. The van der Waals surface area contributed by atoms with E-state index in [-0.39, 0.29) is 38.4 Å². The van der Waals surface area contributed by atoms with Gasteiger partial charge in [0.25, 0.3) is 5.91 Å². The molecule has 28 heavy (non-hydrogen) atoms. The van der Waals surface area contributed by atoms with Gasteiger partial charge >= 0.3 is 6.18 Å². The van der Waals surface area contributed by atoms with Crippen LogP contribution in [0.3, 0.4) is 0 Å². The van der Waals surface area contributed by atoms with Gasteiger partial charge in [0.1, 0.15) is 6.61 Å². The molecule has 0 saturated carbocycles. The summed E-state index contributed by atoms with van der Waals surface area (Å²) in [4.78, 5) is 18.1. The molecule has 1 aliphatic rings. The first-order chi connectivity index (χ1) is 13.3. The van der Waals surface area contributed by atoms with Gasteiger partial charge in [0.15, 0.2) is 5.75 Å². The Kier molecular flexibility index (Phi) is 6.35. The molecule has 1 saturated heterocycles. The monoisotopic (exact) mass is 432 g/mol. The number of aromatic nitrogens is 1. The Balaban J connectivity index is 1.64. The summed E-state index contributed by atoms with van der Waals surface area (Å²) in [6, 6.07) is 6.59. The van der Waals surface area contributed by atoms with Crippen molar-refractivity contribution < 1.29 is 22.7 Å².